The van der Waals surface area contributed by atoms with E-state index in [9.17, 15) is 4.79 Å². The van der Waals surface area contributed by atoms with Gasteiger partial charge in [-0.15, -0.1) is 10.2 Å². The van der Waals surface area contributed by atoms with Crippen molar-refractivity contribution in [2.45, 2.75) is 24.5 Å². The number of hydrogen-bond donors (Lipinski definition) is 0. The smallest absolute Gasteiger partial charge is 0.339 e. The van der Waals surface area contributed by atoms with E-state index in [4.69, 9.17) is 4.74 Å². The lowest BCUT2D eigenvalue weighted by atomic mass is 10.2. The molecule has 1 atom stereocenters. The fourth-order valence-corrected chi connectivity index (χ4v) is 3.61. The van der Waals surface area contributed by atoms with Gasteiger partial charge < -0.3 is 4.74 Å². The van der Waals surface area contributed by atoms with E-state index in [-0.39, 0.29) is 5.97 Å². The molecule has 0 bridgehead atoms. The van der Waals surface area contributed by atoms with Gasteiger partial charge in [0.05, 0.1) is 17.9 Å². The summed E-state index contributed by atoms with van der Waals surface area (Å²) >= 11 is 1.92. The van der Waals surface area contributed by atoms with Gasteiger partial charge >= 0.3 is 5.97 Å². The van der Waals surface area contributed by atoms with E-state index >= 15 is 0 Å². The fraction of sp³-hybridized carbons (Fsp3) is 0.462. The average Bonchev–Trinajstić information content (AvgIpc) is 2.90. The molecule has 2 aromatic heterocycles. The molecule has 3 heterocycles. The number of pyridine rings is 1. The maximum atomic E-state index is 11.6. The Labute approximate surface area is 115 Å². The number of aromatic nitrogens is 3. The number of hydrogen-bond acceptors (Lipinski definition) is 5. The average molecular weight is 277 g/mol. The summed E-state index contributed by atoms with van der Waals surface area (Å²) in [4.78, 5) is 11.6. The van der Waals surface area contributed by atoms with Crippen LogP contribution >= 0.6 is 11.8 Å². The summed E-state index contributed by atoms with van der Waals surface area (Å²) < 4.78 is 6.66. The topological polar surface area (TPSA) is 56.5 Å². The van der Waals surface area contributed by atoms with Crippen LogP contribution in [0.25, 0.3) is 5.65 Å². The lowest BCUT2D eigenvalue weighted by molar-refractivity contribution is 0.0600. The lowest BCUT2D eigenvalue weighted by Crippen LogP contribution is -2.08. The van der Waals surface area contributed by atoms with E-state index in [2.05, 4.69) is 10.2 Å². The van der Waals surface area contributed by atoms with Crippen molar-refractivity contribution in [2.24, 2.45) is 0 Å². The second-order valence-electron chi connectivity index (χ2n) is 4.55. The van der Waals surface area contributed by atoms with Gasteiger partial charge in [0, 0.05) is 6.20 Å². The first-order valence-electron chi connectivity index (χ1n) is 6.34. The predicted molar refractivity (Wildman–Crippen MR) is 73.4 cm³/mol. The van der Waals surface area contributed by atoms with Crippen molar-refractivity contribution in [1.82, 2.24) is 14.6 Å². The SMILES string of the molecule is COC(=O)c1ccc2nnc(C3CCCCS3)n2c1. The quantitative estimate of drug-likeness (QED) is 0.789. The molecule has 1 aliphatic rings. The van der Waals surface area contributed by atoms with Gasteiger partial charge in [0.1, 0.15) is 0 Å². The number of carbonyl (C=O) groups is 1. The molecule has 0 aromatic carbocycles. The molecular formula is C13H15N3O2S. The van der Waals surface area contributed by atoms with E-state index in [0.717, 1.165) is 23.6 Å². The highest BCUT2D eigenvalue weighted by molar-refractivity contribution is 7.99. The van der Waals surface area contributed by atoms with Crippen molar-refractivity contribution in [3.63, 3.8) is 0 Å². The van der Waals surface area contributed by atoms with Crippen molar-refractivity contribution in [3.05, 3.63) is 29.7 Å². The summed E-state index contributed by atoms with van der Waals surface area (Å²) in [5.74, 6) is 1.76. The van der Waals surface area contributed by atoms with Crippen LogP contribution in [0, 0.1) is 0 Å². The van der Waals surface area contributed by atoms with Crippen LogP contribution < -0.4 is 0 Å². The first-order valence-corrected chi connectivity index (χ1v) is 7.39. The van der Waals surface area contributed by atoms with Gasteiger partial charge in [-0.25, -0.2) is 4.79 Å². The third kappa shape index (κ3) is 2.32. The molecule has 1 aliphatic heterocycles. The molecule has 100 valence electrons. The predicted octanol–water partition coefficient (Wildman–Crippen LogP) is 2.47. The Morgan fingerprint density at radius 2 is 2.32 bits per heavy atom. The van der Waals surface area contributed by atoms with Gasteiger partial charge in [-0.3, -0.25) is 4.40 Å². The third-order valence-corrected chi connectivity index (χ3v) is 4.69. The summed E-state index contributed by atoms with van der Waals surface area (Å²) in [5, 5.41) is 8.82. The fourth-order valence-electron chi connectivity index (χ4n) is 2.31. The van der Waals surface area contributed by atoms with Crippen LogP contribution in [0.5, 0.6) is 0 Å². The molecule has 6 heteroatoms. The summed E-state index contributed by atoms with van der Waals surface area (Å²) in [6, 6.07) is 3.52. The van der Waals surface area contributed by atoms with E-state index in [1.165, 1.54) is 20.0 Å². The monoisotopic (exact) mass is 277 g/mol. The summed E-state index contributed by atoms with van der Waals surface area (Å²) in [6.45, 7) is 0. The molecule has 3 rings (SSSR count). The molecule has 0 aliphatic carbocycles. The Hall–Kier alpha value is -1.56. The Kier molecular flexibility index (Phi) is 3.42. The number of nitrogens with zero attached hydrogens (tertiary/aromatic N) is 3. The zero-order chi connectivity index (χ0) is 13.2. The van der Waals surface area contributed by atoms with Crippen molar-refractivity contribution in [2.75, 3.05) is 12.9 Å². The lowest BCUT2D eigenvalue weighted by Gasteiger charge is -2.19. The zero-order valence-corrected chi connectivity index (χ0v) is 11.5. The van der Waals surface area contributed by atoms with Gasteiger partial charge in [0.15, 0.2) is 11.5 Å². The standard InChI is InChI=1S/C13H15N3O2S/c1-18-13(17)9-5-6-11-14-15-12(16(11)8-9)10-4-2-3-7-19-10/h5-6,8,10H,2-4,7H2,1H3. The van der Waals surface area contributed by atoms with Gasteiger partial charge in [-0.2, -0.15) is 11.8 Å². The van der Waals surface area contributed by atoms with Crippen molar-refractivity contribution < 1.29 is 9.53 Å². The molecule has 19 heavy (non-hydrogen) atoms. The highest BCUT2D eigenvalue weighted by atomic mass is 32.2. The van der Waals surface area contributed by atoms with Gasteiger partial charge in [0.25, 0.3) is 0 Å². The van der Waals surface area contributed by atoms with Gasteiger partial charge in [0.2, 0.25) is 0 Å². The molecule has 1 saturated heterocycles. The Morgan fingerprint density at radius 3 is 3.05 bits per heavy atom. The van der Waals surface area contributed by atoms with Crippen LogP contribution in [0.15, 0.2) is 18.3 Å². The summed E-state index contributed by atoms with van der Waals surface area (Å²) in [7, 11) is 1.39. The third-order valence-electron chi connectivity index (χ3n) is 3.32. The molecule has 2 aromatic rings. The minimum atomic E-state index is -0.335. The first kappa shape index (κ1) is 12.5. The first-order chi connectivity index (χ1) is 9.29. The summed E-state index contributed by atoms with van der Waals surface area (Å²) in [5.41, 5.74) is 1.30. The van der Waals surface area contributed by atoms with E-state index in [1.807, 2.05) is 16.2 Å². The highest BCUT2D eigenvalue weighted by Gasteiger charge is 2.21. The Morgan fingerprint density at radius 1 is 1.42 bits per heavy atom. The molecule has 1 fully saturated rings. The second-order valence-corrected chi connectivity index (χ2v) is 5.86. The molecule has 5 nitrogen and oxygen atoms in total. The van der Waals surface area contributed by atoms with Gasteiger partial charge in [-0.05, 0) is 30.7 Å². The number of methoxy groups -OCH3 is 1. The summed E-state index contributed by atoms with van der Waals surface area (Å²) in [6.07, 6.45) is 5.38. The van der Waals surface area contributed by atoms with Crippen LogP contribution in [0.4, 0.5) is 0 Å². The molecule has 0 N–H and O–H groups in total. The molecule has 1 unspecified atom stereocenters. The molecule has 0 saturated carbocycles. The van der Waals surface area contributed by atoms with E-state index < -0.39 is 0 Å². The number of fused-ring (bicyclic) bond motifs is 1. The van der Waals surface area contributed by atoms with Crippen molar-refractivity contribution in [3.8, 4) is 0 Å². The maximum Gasteiger partial charge on any atom is 0.339 e. The number of ether oxygens (including phenoxy) is 1. The zero-order valence-electron chi connectivity index (χ0n) is 10.7. The van der Waals surface area contributed by atoms with Crippen LogP contribution in [0.3, 0.4) is 0 Å². The van der Waals surface area contributed by atoms with Crippen LogP contribution in [-0.4, -0.2) is 33.4 Å². The number of carbonyl (C=O) groups excluding carboxylic acids is 1. The van der Waals surface area contributed by atoms with Crippen molar-refractivity contribution in [1.29, 1.82) is 0 Å². The van der Waals surface area contributed by atoms with E-state index in [1.54, 1.807) is 18.3 Å². The van der Waals surface area contributed by atoms with Crippen LogP contribution in [0.1, 0.15) is 40.7 Å². The maximum absolute atomic E-state index is 11.6. The van der Waals surface area contributed by atoms with E-state index in [0.29, 0.717) is 10.8 Å². The number of esters is 1. The van der Waals surface area contributed by atoms with Crippen LogP contribution in [0.2, 0.25) is 0 Å². The largest absolute Gasteiger partial charge is 0.465 e. The number of rotatable bonds is 2. The Balaban J connectivity index is 2.02. The number of thioether (sulfide) groups is 1. The molecular weight excluding hydrogens is 262 g/mol. The highest BCUT2D eigenvalue weighted by Crippen LogP contribution is 2.37. The minimum Gasteiger partial charge on any atom is -0.465 e. The van der Waals surface area contributed by atoms with Gasteiger partial charge in [-0.1, -0.05) is 6.42 Å². The molecule has 0 spiro atoms. The molecule has 0 amide bonds. The Bertz CT molecular complexity index is 605. The van der Waals surface area contributed by atoms with Crippen LogP contribution in [-0.2, 0) is 4.74 Å². The second kappa shape index (κ2) is 5.21. The minimum absolute atomic E-state index is 0.335. The normalized spacial score (nSPS) is 19.5. The molecule has 0 radical (unpaired) electrons. The van der Waals surface area contributed by atoms with Crippen molar-refractivity contribution >= 4 is 23.4 Å².